The fraction of sp³-hybridized carbons (Fsp3) is 0.348. The number of hydrogen-bond acceptors (Lipinski definition) is 3. The van der Waals surface area contributed by atoms with Crippen LogP contribution in [0.3, 0.4) is 0 Å². The van der Waals surface area contributed by atoms with E-state index in [0.717, 1.165) is 61.0 Å². The average Bonchev–Trinajstić information content (AvgIpc) is 3.43. The molecule has 2 aromatic carbocycles. The minimum atomic E-state index is -0.396. The van der Waals surface area contributed by atoms with E-state index in [0.29, 0.717) is 0 Å². The average molecular weight is 378 g/mol. The number of furan rings is 1. The molecule has 1 fully saturated rings. The smallest absolute Gasteiger partial charge is 0.229 e. The molecule has 5 rings (SSSR count). The number of carbonyl (C=O) groups is 1. The lowest BCUT2D eigenvalue weighted by Crippen LogP contribution is -2.22. The second kappa shape index (κ2) is 6.97. The van der Waals surface area contributed by atoms with Gasteiger partial charge in [0.25, 0.3) is 0 Å². The minimum Gasteiger partial charge on any atom is -0.464 e. The van der Waals surface area contributed by atoms with Crippen LogP contribution in [0.15, 0.2) is 41.0 Å². The van der Waals surface area contributed by atoms with Crippen LogP contribution in [-0.2, 0) is 24.1 Å². The molecule has 4 nitrogen and oxygen atoms in total. The first-order valence-electron chi connectivity index (χ1n) is 10.0. The van der Waals surface area contributed by atoms with Crippen LogP contribution in [0.4, 0.5) is 15.8 Å². The number of carbonyl (C=O) groups excluding carboxylic acids is 1. The molecule has 1 amide bonds. The van der Waals surface area contributed by atoms with Gasteiger partial charge in [-0.2, -0.15) is 0 Å². The summed E-state index contributed by atoms with van der Waals surface area (Å²) in [5.41, 5.74) is 5.41. The molecule has 2 aliphatic rings. The van der Waals surface area contributed by atoms with Crippen LogP contribution < -0.4 is 10.2 Å². The lowest BCUT2D eigenvalue weighted by atomic mass is 10.0. The van der Waals surface area contributed by atoms with Gasteiger partial charge in [-0.25, -0.2) is 4.39 Å². The Labute approximate surface area is 163 Å². The van der Waals surface area contributed by atoms with E-state index in [1.165, 1.54) is 23.6 Å². The second-order valence-electron chi connectivity index (χ2n) is 7.78. The number of hydrogen-bond donors (Lipinski definition) is 1. The highest BCUT2D eigenvalue weighted by atomic mass is 19.1. The Morgan fingerprint density at radius 3 is 2.71 bits per heavy atom. The largest absolute Gasteiger partial charge is 0.464 e. The molecule has 1 N–H and O–H groups in total. The molecule has 0 spiro atoms. The number of para-hydroxylation sites is 1. The quantitative estimate of drug-likeness (QED) is 0.706. The Kier molecular flexibility index (Phi) is 4.30. The maximum absolute atomic E-state index is 14.5. The van der Waals surface area contributed by atoms with Gasteiger partial charge in [-0.3, -0.25) is 4.79 Å². The number of fused-ring (bicyclic) bond motifs is 2. The maximum atomic E-state index is 14.5. The maximum Gasteiger partial charge on any atom is 0.229 e. The van der Waals surface area contributed by atoms with Crippen LogP contribution in [0.25, 0.3) is 11.0 Å². The van der Waals surface area contributed by atoms with E-state index >= 15 is 0 Å². The van der Waals surface area contributed by atoms with Gasteiger partial charge in [0.2, 0.25) is 5.91 Å². The van der Waals surface area contributed by atoms with Gasteiger partial charge in [0.1, 0.15) is 17.1 Å². The van der Waals surface area contributed by atoms with E-state index in [9.17, 15) is 9.18 Å². The van der Waals surface area contributed by atoms with Gasteiger partial charge >= 0.3 is 0 Å². The summed E-state index contributed by atoms with van der Waals surface area (Å²) in [7, 11) is 0. The van der Waals surface area contributed by atoms with E-state index in [2.05, 4.69) is 22.3 Å². The third-order valence-electron chi connectivity index (χ3n) is 5.92. The first-order chi connectivity index (χ1) is 13.7. The molecule has 0 bridgehead atoms. The molecular formula is C23H23FN2O2. The first-order valence-corrected chi connectivity index (χ1v) is 10.0. The zero-order valence-electron chi connectivity index (χ0n) is 15.8. The number of halogens is 1. The summed E-state index contributed by atoms with van der Waals surface area (Å²) in [6, 6.07) is 9.22. The van der Waals surface area contributed by atoms with Crippen molar-refractivity contribution in [3.8, 4) is 0 Å². The van der Waals surface area contributed by atoms with E-state index in [1.54, 1.807) is 12.3 Å². The van der Waals surface area contributed by atoms with Crippen molar-refractivity contribution in [3.05, 3.63) is 59.1 Å². The topological polar surface area (TPSA) is 45.5 Å². The Morgan fingerprint density at radius 1 is 1.11 bits per heavy atom. The van der Waals surface area contributed by atoms with Crippen LogP contribution in [0.5, 0.6) is 0 Å². The standard InChI is InChI=1S/C23H23FN2O2/c24-19-7-4-8-20(26-9-1-2-10-26)23(19)25-22(27)13-17-14-28-21-12-16-6-3-5-15(16)11-18(17)21/h4,7-8,11-12,14H,1-3,5-6,9-10,13H2,(H,25,27). The predicted octanol–water partition coefficient (Wildman–Crippen LogP) is 4.84. The van der Waals surface area contributed by atoms with E-state index in [1.807, 2.05) is 6.07 Å². The lowest BCUT2D eigenvalue weighted by molar-refractivity contribution is -0.115. The Balaban J connectivity index is 1.39. The van der Waals surface area contributed by atoms with E-state index in [4.69, 9.17) is 4.42 Å². The number of anilines is 2. The summed E-state index contributed by atoms with van der Waals surface area (Å²) in [4.78, 5) is 14.9. The van der Waals surface area contributed by atoms with Crippen LogP contribution in [0, 0.1) is 5.82 Å². The van der Waals surface area contributed by atoms with E-state index in [-0.39, 0.29) is 18.0 Å². The number of amides is 1. The molecule has 0 saturated carbocycles. The van der Waals surface area contributed by atoms with Crippen molar-refractivity contribution in [2.24, 2.45) is 0 Å². The second-order valence-corrected chi connectivity index (χ2v) is 7.78. The zero-order chi connectivity index (χ0) is 19.1. The van der Waals surface area contributed by atoms with Crippen molar-refractivity contribution in [2.75, 3.05) is 23.3 Å². The number of benzene rings is 2. The summed E-state index contributed by atoms with van der Waals surface area (Å²) in [6.45, 7) is 1.79. The molecule has 144 valence electrons. The number of nitrogens with zero attached hydrogens (tertiary/aromatic N) is 1. The minimum absolute atomic E-state index is 0.166. The van der Waals surface area contributed by atoms with Gasteiger partial charge in [-0.1, -0.05) is 6.07 Å². The van der Waals surface area contributed by atoms with Crippen LogP contribution in [0.2, 0.25) is 0 Å². The molecule has 0 unspecified atom stereocenters. The summed E-state index contributed by atoms with van der Waals surface area (Å²) >= 11 is 0. The van der Waals surface area contributed by atoms with Gasteiger partial charge < -0.3 is 14.6 Å². The monoisotopic (exact) mass is 378 g/mol. The molecule has 0 radical (unpaired) electrons. The third kappa shape index (κ3) is 3.05. The van der Waals surface area contributed by atoms with Crippen molar-refractivity contribution >= 4 is 28.3 Å². The fourth-order valence-electron chi connectivity index (χ4n) is 4.50. The van der Waals surface area contributed by atoms with Crippen molar-refractivity contribution in [1.29, 1.82) is 0 Å². The molecule has 1 aliphatic heterocycles. The summed E-state index contributed by atoms with van der Waals surface area (Å²) in [5, 5.41) is 3.80. The lowest BCUT2D eigenvalue weighted by Gasteiger charge is -2.22. The van der Waals surface area contributed by atoms with Gasteiger partial charge in [0.15, 0.2) is 0 Å². The molecule has 28 heavy (non-hydrogen) atoms. The van der Waals surface area contributed by atoms with Crippen LogP contribution in [-0.4, -0.2) is 19.0 Å². The number of aryl methyl sites for hydroxylation is 2. The SMILES string of the molecule is O=C(Cc1coc2cc3c(cc12)CCC3)Nc1c(F)cccc1N1CCCC1. The van der Waals surface area contributed by atoms with Crippen molar-refractivity contribution < 1.29 is 13.6 Å². The van der Waals surface area contributed by atoms with Gasteiger partial charge in [-0.15, -0.1) is 0 Å². The molecular weight excluding hydrogens is 355 g/mol. The van der Waals surface area contributed by atoms with E-state index < -0.39 is 5.82 Å². The highest BCUT2D eigenvalue weighted by Crippen LogP contribution is 2.33. The Hall–Kier alpha value is -2.82. The fourth-order valence-corrected chi connectivity index (χ4v) is 4.50. The highest BCUT2D eigenvalue weighted by Gasteiger charge is 2.21. The Bertz CT molecular complexity index is 1050. The van der Waals surface area contributed by atoms with Gasteiger partial charge in [0, 0.05) is 24.0 Å². The first kappa shape index (κ1) is 17.3. The summed E-state index contributed by atoms with van der Waals surface area (Å²) in [5.74, 6) is -0.624. The number of rotatable bonds is 4. The van der Waals surface area contributed by atoms with Gasteiger partial charge in [0.05, 0.1) is 18.4 Å². The molecule has 1 saturated heterocycles. The molecule has 0 atom stereocenters. The summed E-state index contributed by atoms with van der Waals surface area (Å²) in [6.07, 6.45) is 7.35. The molecule has 2 heterocycles. The van der Waals surface area contributed by atoms with Crippen molar-refractivity contribution in [1.82, 2.24) is 0 Å². The number of nitrogens with one attached hydrogen (secondary N) is 1. The third-order valence-corrected chi connectivity index (χ3v) is 5.92. The van der Waals surface area contributed by atoms with Crippen molar-refractivity contribution in [3.63, 3.8) is 0 Å². The molecule has 1 aromatic heterocycles. The zero-order valence-corrected chi connectivity index (χ0v) is 15.8. The van der Waals surface area contributed by atoms with Crippen LogP contribution >= 0.6 is 0 Å². The Morgan fingerprint density at radius 2 is 1.89 bits per heavy atom. The molecule has 5 heteroatoms. The normalized spacial score (nSPS) is 16.0. The highest BCUT2D eigenvalue weighted by molar-refractivity contribution is 5.98. The summed E-state index contributed by atoms with van der Waals surface area (Å²) < 4.78 is 20.2. The molecule has 1 aliphatic carbocycles. The van der Waals surface area contributed by atoms with Gasteiger partial charge in [-0.05, 0) is 67.5 Å². The van der Waals surface area contributed by atoms with Crippen molar-refractivity contribution in [2.45, 2.75) is 38.5 Å². The molecule has 3 aromatic rings. The predicted molar refractivity (Wildman–Crippen MR) is 108 cm³/mol. The van der Waals surface area contributed by atoms with Crippen LogP contribution in [0.1, 0.15) is 36.0 Å².